The zero-order valence-electron chi connectivity index (χ0n) is 10.6. The fourth-order valence-electron chi connectivity index (χ4n) is 1.47. The molecule has 0 spiro atoms. The molecule has 0 fully saturated rings. The smallest absolute Gasteiger partial charge is 0.295 e. The first-order valence-electron chi connectivity index (χ1n) is 5.54. The Morgan fingerprint density at radius 2 is 1.94 bits per heavy atom. The fraction of sp³-hybridized carbons (Fsp3) is 0.250. The summed E-state index contributed by atoms with van der Waals surface area (Å²) in [7, 11) is 3.92. The van der Waals surface area contributed by atoms with E-state index in [0.29, 0.717) is 11.5 Å². The number of hydrogen-bond acceptors (Lipinski definition) is 4. The predicted molar refractivity (Wildman–Crippen MR) is 69.8 cm³/mol. The quantitative estimate of drug-likeness (QED) is 0.858. The Labute approximate surface area is 105 Å². The van der Waals surface area contributed by atoms with Gasteiger partial charge in [-0.1, -0.05) is 0 Å². The van der Waals surface area contributed by atoms with Crippen molar-refractivity contribution < 1.29 is 4.79 Å². The first-order valence-corrected chi connectivity index (χ1v) is 5.54. The summed E-state index contributed by atoms with van der Waals surface area (Å²) in [6.07, 6.45) is 0. The number of carbonyl (C=O) groups excluding carboxylic acids is 1. The maximum absolute atomic E-state index is 11.8. The van der Waals surface area contributed by atoms with Gasteiger partial charge >= 0.3 is 0 Å². The molecule has 0 aliphatic rings. The Kier molecular flexibility index (Phi) is 3.27. The molecule has 2 aromatic rings. The molecule has 6 heteroatoms. The van der Waals surface area contributed by atoms with Gasteiger partial charge in [0.15, 0.2) is 0 Å². The molecule has 0 saturated heterocycles. The number of amides is 1. The molecular weight excluding hydrogens is 230 g/mol. The second-order valence-corrected chi connectivity index (χ2v) is 4.14. The molecule has 0 aliphatic carbocycles. The highest BCUT2D eigenvalue weighted by atomic mass is 16.2. The van der Waals surface area contributed by atoms with E-state index in [1.54, 1.807) is 6.92 Å². The molecule has 1 aromatic carbocycles. The minimum absolute atomic E-state index is 0.143. The Balaban J connectivity index is 2.07. The zero-order chi connectivity index (χ0) is 13.1. The summed E-state index contributed by atoms with van der Waals surface area (Å²) in [5.74, 6) is 0.434. The van der Waals surface area contributed by atoms with E-state index in [9.17, 15) is 4.79 Å². The first-order chi connectivity index (χ1) is 8.56. The van der Waals surface area contributed by atoms with Gasteiger partial charge in [-0.25, -0.2) is 4.98 Å². The topological polar surface area (TPSA) is 73.9 Å². The Morgan fingerprint density at radius 1 is 1.28 bits per heavy atom. The van der Waals surface area contributed by atoms with Crippen molar-refractivity contribution in [2.45, 2.75) is 6.92 Å². The molecule has 1 amide bonds. The van der Waals surface area contributed by atoms with E-state index in [2.05, 4.69) is 20.5 Å². The standard InChI is InChI=1S/C12H15N5O/c1-8-13-11(16-15-8)12(18)14-9-4-6-10(7-5-9)17(2)3/h4-7H,1-3H3,(H,14,18)(H,13,15,16). The highest BCUT2D eigenvalue weighted by molar-refractivity contribution is 6.01. The van der Waals surface area contributed by atoms with Crippen LogP contribution in [0.25, 0.3) is 0 Å². The van der Waals surface area contributed by atoms with Gasteiger partial charge in [0.05, 0.1) is 0 Å². The van der Waals surface area contributed by atoms with Crippen molar-refractivity contribution in [2.24, 2.45) is 0 Å². The van der Waals surface area contributed by atoms with Gasteiger partial charge in [0.1, 0.15) is 5.82 Å². The number of nitrogens with one attached hydrogen (secondary N) is 2. The van der Waals surface area contributed by atoms with Gasteiger partial charge in [-0.2, -0.15) is 0 Å². The second-order valence-electron chi connectivity index (χ2n) is 4.14. The second kappa shape index (κ2) is 4.87. The van der Waals surface area contributed by atoms with Gasteiger partial charge in [-0.05, 0) is 31.2 Å². The molecule has 2 rings (SSSR count). The van der Waals surface area contributed by atoms with Gasteiger partial charge in [-0.3, -0.25) is 9.89 Å². The summed E-state index contributed by atoms with van der Waals surface area (Å²) in [6.45, 7) is 1.75. The minimum Gasteiger partial charge on any atom is -0.378 e. The molecule has 2 N–H and O–H groups in total. The number of carbonyl (C=O) groups is 1. The molecule has 0 aliphatic heterocycles. The van der Waals surface area contributed by atoms with Crippen LogP contribution in [-0.4, -0.2) is 35.2 Å². The van der Waals surface area contributed by atoms with Gasteiger partial charge < -0.3 is 10.2 Å². The lowest BCUT2D eigenvalue weighted by Gasteiger charge is -2.12. The third-order valence-corrected chi connectivity index (χ3v) is 2.44. The number of hydrogen-bond donors (Lipinski definition) is 2. The molecular formula is C12H15N5O. The number of benzene rings is 1. The van der Waals surface area contributed by atoms with Crippen molar-refractivity contribution in [1.82, 2.24) is 15.2 Å². The average molecular weight is 245 g/mol. The van der Waals surface area contributed by atoms with Crippen molar-refractivity contribution in [2.75, 3.05) is 24.3 Å². The number of rotatable bonds is 3. The maximum atomic E-state index is 11.8. The maximum Gasteiger partial charge on any atom is 0.295 e. The van der Waals surface area contributed by atoms with Crippen LogP contribution in [-0.2, 0) is 0 Å². The third-order valence-electron chi connectivity index (χ3n) is 2.44. The molecule has 94 valence electrons. The van der Waals surface area contributed by atoms with Crippen LogP contribution in [0, 0.1) is 6.92 Å². The van der Waals surface area contributed by atoms with Gasteiger partial charge in [-0.15, -0.1) is 5.10 Å². The summed E-state index contributed by atoms with van der Waals surface area (Å²) in [4.78, 5) is 17.7. The monoisotopic (exact) mass is 245 g/mol. The lowest BCUT2D eigenvalue weighted by Crippen LogP contribution is -2.14. The van der Waals surface area contributed by atoms with Crippen LogP contribution in [0.5, 0.6) is 0 Å². The van der Waals surface area contributed by atoms with Crippen LogP contribution in [0.1, 0.15) is 16.4 Å². The first kappa shape index (κ1) is 12.1. The van der Waals surface area contributed by atoms with Crippen molar-refractivity contribution in [3.8, 4) is 0 Å². The molecule has 1 heterocycles. The summed E-state index contributed by atoms with van der Waals surface area (Å²) in [5, 5.41) is 9.17. The summed E-state index contributed by atoms with van der Waals surface area (Å²) in [6, 6.07) is 7.54. The summed E-state index contributed by atoms with van der Waals surface area (Å²) < 4.78 is 0. The average Bonchev–Trinajstić information content (AvgIpc) is 2.76. The molecule has 0 bridgehead atoms. The van der Waals surface area contributed by atoms with Crippen molar-refractivity contribution in [3.63, 3.8) is 0 Å². The van der Waals surface area contributed by atoms with E-state index >= 15 is 0 Å². The molecule has 1 aromatic heterocycles. The lowest BCUT2D eigenvalue weighted by atomic mass is 10.2. The molecule has 0 radical (unpaired) electrons. The van der Waals surface area contributed by atoms with E-state index in [1.807, 2.05) is 43.3 Å². The number of H-pyrrole nitrogens is 1. The highest BCUT2D eigenvalue weighted by Gasteiger charge is 2.11. The largest absolute Gasteiger partial charge is 0.378 e. The molecule has 0 atom stereocenters. The van der Waals surface area contributed by atoms with Crippen LogP contribution in [0.15, 0.2) is 24.3 Å². The molecule has 6 nitrogen and oxygen atoms in total. The molecule has 18 heavy (non-hydrogen) atoms. The Hall–Kier alpha value is -2.37. The summed E-state index contributed by atoms with van der Waals surface area (Å²) in [5.41, 5.74) is 1.79. The van der Waals surface area contributed by atoms with Crippen LogP contribution in [0.4, 0.5) is 11.4 Å². The van der Waals surface area contributed by atoms with E-state index in [1.165, 1.54) is 0 Å². The SMILES string of the molecule is Cc1nc(C(=O)Nc2ccc(N(C)C)cc2)n[nH]1. The number of anilines is 2. The molecule has 0 unspecified atom stereocenters. The van der Waals surface area contributed by atoms with Crippen LogP contribution >= 0.6 is 0 Å². The number of aromatic nitrogens is 3. The van der Waals surface area contributed by atoms with Gasteiger partial charge in [0.25, 0.3) is 5.91 Å². The number of aromatic amines is 1. The minimum atomic E-state index is -0.322. The predicted octanol–water partition coefficient (Wildman–Crippen LogP) is 1.43. The number of aryl methyl sites for hydroxylation is 1. The van der Waals surface area contributed by atoms with Crippen molar-refractivity contribution in [3.05, 3.63) is 35.9 Å². The fourth-order valence-corrected chi connectivity index (χ4v) is 1.47. The van der Waals surface area contributed by atoms with Gasteiger partial charge in [0.2, 0.25) is 5.82 Å². The lowest BCUT2D eigenvalue weighted by molar-refractivity contribution is 0.101. The van der Waals surface area contributed by atoms with Gasteiger partial charge in [0, 0.05) is 25.5 Å². The third kappa shape index (κ3) is 2.65. The van der Waals surface area contributed by atoms with Crippen molar-refractivity contribution in [1.29, 1.82) is 0 Å². The molecule has 0 saturated carbocycles. The normalized spacial score (nSPS) is 10.2. The van der Waals surface area contributed by atoms with Crippen molar-refractivity contribution >= 4 is 17.3 Å². The summed E-state index contributed by atoms with van der Waals surface area (Å²) >= 11 is 0. The van der Waals surface area contributed by atoms with E-state index in [0.717, 1.165) is 5.69 Å². The highest BCUT2D eigenvalue weighted by Crippen LogP contribution is 2.15. The Bertz CT molecular complexity index is 544. The number of nitrogens with zero attached hydrogens (tertiary/aromatic N) is 3. The van der Waals surface area contributed by atoms with Crippen LogP contribution in [0.2, 0.25) is 0 Å². The zero-order valence-corrected chi connectivity index (χ0v) is 10.6. The van der Waals surface area contributed by atoms with Crippen LogP contribution < -0.4 is 10.2 Å². The van der Waals surface area contributed by atoms with E-state index < -0.39 is 0 Å². The van der Waals surface area contributed by atoms with Crippen LogP contribution in [0.3, 0.4) is 0 Å². The van der Waals surface area contributed by atoms with E-state index in [4.69, 9.17) is 0 Å². The van der Waals surface area contributed by atoms with E-state index in [-0.39, 0.29) is 11.7 Å². The Morgan fingerprint density at radius 3 is 2.44 bits per heavy atom.